The van der Waals surface area contributed by atoms with Gasteiger partial charge < -0.3 is 29.6 Å². The number of rotatable bonds is 3. The van der Waals surface area contributed by atoms with Crippen molar-refractivity contribution >= 4 is 5.91 Å². The molecule has 1 aliphatic heterocycles. The van der Waals surface area contributed by atoms with E-state index in [1.54, 1.807) is 4.90 Å². The SMILES string of the molecule is CC[C@H](C)[C@H]([NH3+])C(=O)N1CCOCCOCCOCCOCC1. The van der Waals surface area contributed by atoms with Crippen molar-refractivity contribution in [2.75, 3.05) is 65.9 Å². The van der Waals surface area contributed by atoms with E-state index in [4.69, 9.17) is 18.9 Å². The highest BCUT2D eigenvalue weighted by molar-refractivity contribution is 5.80. The highest BCUT2D eigenvalue weighted by atomic mass is 16.6. The van der Waals surface area contributed by atoms with Gasteiger partial charge in [0.25, 0.3) is 5.91 Å². The first kappa shape index (κ1) is 20.3. The molecule has 0 aromatic carbocycles. The van der Waals surface area contributed by atoms with Crippen LogP contribution in [-0.2, 0) is 23.7 Å². The van der Waals surface area contributed by atoms with Crippen LogP contribution < -0.4 is 5.73 Å². The first-order chi connectivity index (χ1) is 11.2. The van der Waals surface area contributed by atoms with Crippen LogP contribution in [0.25, 0.3) is 0 Å². The molecule has 136 valence electrons. The van der Waals surface area contributed by atoms with Gasteiger partial charge in [0.05, 0.1) is 52.9 Å². The van der Waals surface area contributed by atoms with E-state index in [0.29, 0.717) is 65.9 Å². The maximum absolute atomic E-state index is 12.6. The summed E-state index contributed by atoms with van der Waals surface area (Å²) in [6, 6.07) is -0.228. The number of hydrogen-bond donors (Lipinski definition) is 1. The maximum atomic E-state index is 12.6. The van der Waals surface area contributed by atoms with Crippen LogP contribution in [0.4, 0.5) is 0 Å². The fourth-order valence-corrected chi connectivity index (χ4v) is 2.21. The lowest BCUT2D eigenvalue weighted by Crippen LogP contribution is -2.70. The number of carbonyl (C=O) groups is 1. The molecule has 1 heterocycles. The third kappa shape index (κ3) is 8.62. The van der Waals surface area contributed by atoms with Gasteiger partial charge >= 0.3 is 0 Å². The summed E-state index contributed by atoms with van der Waals surface area (Å²) in [6.07, 6.45) is 0.940. The largest absolute Gasteiger partial charge is 0.377 e. The van der Waals surface area contributed by atoms with Gasteiger partial charge in [0, 0.05) is 19.0 Å². The predicted octanol–water partition coefficient (Wildman–Crippen LogP) is -0.448. The van der Waals surface area contributed by atoms with Crippen LogP contribution in [0.1, 0.15) is 20.3 Å². The van der Waals surface area contributed by atoms with E-state index in [9.17, 15) is 4.79 Å². The number of quaternary nitrogens is 1. The lowest BCUT2D eigenvalue weighted by molar-refractivity contribution is -0.417. The van der Waals surface area contributed by atoms with Crippen molar-refractivity contribution in [2.24, 2.45) is 5.92 Å². The highest BCUT2D eigenvalue weighted by Crippen LogP contribution is 2.07. The summed E-state index contributed by atoms with van der Waals surface area (Å²) in [7, 11) is 0. The van der Waals surface area contributed by atoms with Crippen molar-refractivity contribution in [3.63, 3.8) is 0 Å². The lowest BCUT2D eigenvalue weighted by Gasteiger charge is -2.26. The van der Waals surface area contributed by atoms with Gasteiger partial charge in [0.2, 0.25) is 0 Å². The van der Waals surface area contributed by atoms with E-state index in [1.165, 1.54) is 0 Å². The molecule has 0 saturated carbocycles. The molecule has 0 bridgehead atoms. The van der Waals surface area contributed by atoms with E-state index in [0.717, 1.165) is 6.42 Å². The summed E-state index contributed by atoms with van der Waals surface area (Å²) >= 11 is 0. The van der Waals surface area contributed by atoms with Crippen LogP contribution in [0.3, 0.4) is 0 Å². The Morgan fingerprint density at radius 1 is 0.913 bits per heavy atom. The van der Waals surface area contributed by atoms with Gasteiger partial charge in [-0.15, -0.1) is 0 Å². The van der Waals surface area contributed by atoms with Gasteiger partial charge in [-0.2, -0.15) is 0 Å². The van der Waals surface area contributed by atoms with Gasteiger partial charge in [-0.25, -0.2) is 0 Å². The molecule has 2 atom stereocenters. The zero-order valence-electron chi connectivity index (χ0n) is 14.6. The quantitative estimate of drug-likeness (QED) is 0.756. The van der Waals surface area contributed by atoms with Crippen LogP contribution in [-0.4, -0.2) is 82.8 Å². The molecule has 0 spiro atoms. The van der Waals surface area contributed by atoms with Crippen LogP contribution >= 0.6 is 0 Å². The Bertz CT molecular complexity index is 301. The number of ether oxygens (including phenoxy) is 4. The average molecular weight is 333 g/mol. The Hall–Kier alpha value is -0.730. The molecule has 23 heavy (non-hydrogen) atoms. The molecule has 0 aromatic rings. The first-order valence-corrected chi connectivity index (χ1v) is 8.59. The van der Waals surface area contributed by atoms with Crippen molar-refractivity contribution in [3.8, 4) is 0 Å². The Morgan fingerprint density at radius 2 is 1.30 bits per heavy atom. The summed E-state index contributed by atoms with van der Waals surface area (Å²) in [5.74, 6) is 0.339. The monoisotopic (exact) mass is 333 g/mol. The molecule has 0 radical (unpaired) electrons. The van der Waals surface area contributed by atoms with Crippen LogP contribution in [0, 0.1) is 5.92 Å². The van der Waals surface area contributed by atoms with Gasteiger partial charge in [0.15, 0.2) is 6.04 Å². The molecule has 0 unspecified atom stereocenters. The molecule has 0 aromatic heterocycles. The van der Waals surface area contributed by atoms with Crippen LogP contribution in [0.2, 0.25) is 0 Å². The molecule has 1 saturated heterocycles. The normalized spacial score (nSPS) is 22.7. The summed E-state index contributed by atoms with van der Waals surface area (Å²) in [5, 5.41) is 0. The van der Waals surface area contributed by atoms with E-state index in [2.05, 4.69) is 19.6 Å². The summed E-state index contributed by atoms with van der Waals surface area (Å²) in [4.78, 5) is 14.4. The minimum absolute atomic E-state index is 0.0726. The maximum Gasteiger partial charge on any atom is 0.281 e. The number of amides is 1. The third-order valence-corrected chi connectivity index (χ3v) is 4.09. The van der Waals surface area contributed by atoms with Crippen molar-refractivity contribution in [3.05, 3.63) is 0 Å². The predicted molar refractivity (Wildman–Crippen MR) is 86.0 cm³/mol. The molecule has 7 heteroatoms. The van der Waals surface area contributed by atoms with Gasteiger partial charge in [-0.1, -0.05) is 13.8 Å². The standard InChI is InChI=1S/C16H32N2O5/c1-3-14(2)15(17)16(19)18-4-6-20-8-10-22-12-13-23-11-9-21-7-5-18/h14-15H,3-13,17H2,1-2H3/p+1/t14-,15-/m0/s1. The zero-order chi connectivity index (χ0) is 16.9. The highest BCUT2D eigenvalue weighted by Gasteiger charge is 2.28. The molecular weight excluding hydrogens is 300 g/mol. The van der Waals surface area contributed by atoms with Crippen LogP contribution in [0.5, 0.6) is 0 Å². The van der Waals surface area contributed by atoms with Crippen molar-refractivity contribution in [2.45, 2.75) is 26.3 Å². The molecule has 1 aliphatic rings. The molecule has 1 fully saturated rings. The van der Waals surface area contributed by atoms with Crippen molar-refractivity contribution in [1.29, 1.82) is 0 Å². The fraction of sp³-hybridized carbons (Fsp3) is 0.938. The first-order valence-electron chi connectivity index (χ1n) is 8.59. The summed E-state index contributed by atoms with van der Waals surface area (Å²) < 4.78 is 21.8. The third-order valence-electron chi connectivity index (χ3n) is 4.09. The Labute approximate surface area is 139 Å². The molecule has 1 rings (SSSR count). The van der Waals surface area contributed by atoms with E-state index < -0.39 is 0 Å². The number of hydrogen-bond acceptors (Lipinski definition) is 5. The lowest BCUT2D eigenvalue weighted by atomic mass is 9.99. The molecular formula is C16H33N2O5+. The van der Waals surface area contributed by atoms with Crippen molar-refractivity contribution < 1.29 is 29.5 Å². The second-order valence-electron chi connectivity index (χ2n) is 5.77. The van der Waals surface area contributed by atoms with Crippen LogP contribution in [0.15, 0.2) is 0 Å². The van der Waals surface area contributed by atoms with Crippen molar-refractivity contribution in [1.82, 2.24) is 4.90 Å². The minimum atomic E-state index is -0.228. The Morgan fingerprint density at radius 3 is 1.70 bits per heavy atom. The van der Waals surface area contributed by atoms with E-state index in [1.807, 2.05) is 0 Å². The molecule has 3 N–H and O–H groups in total. The molecule has 1 amide bonds. The number of nitrogens with zero attached hydrogens (tertiary/aromatic N) is 1. The average Bonchev–Trinajstić information content (AvgIpc) is 2.58. The van der Waals surface area contributed by atoms with Gasteiger partial charge in [-0.3, -0.25) is 4.79 Å². The van der Waals surface area contributed by atoms with E-state index >= 15 is 0 Å². The fourth-order valence-electron chi connectivity index (χ4n) is 2.21. The Balaban J connectivity index is 2.49. The number of carbonyl (C=O) groups excluding carboxylic acids is 1. The zero-order valence-corrected chi connectivity index (χ0v) is 14.6. The molecule has 0 aliphatic carbocycles. The van der Waals surface area contributed by atoms with E-state index in [-0.39, 0.29) is 17.9 Å². The van der Waals surface area contributed by atoms with Gasteiger partial charge in [0.1, 0.15) is 0 Å². The topological polar surface area (TPSA) is 84.9 Å². The minimum Gasteiger partial charge on any atom is -0.377 e. The summed E-state index contributed by atoms with van der Waals surface area (Å²) in [6.45, 7) is 9.50. The van der Waals surface area contributed by atoms with Gasteiger partial charge in [-0.05, 0) is 6.42 Å². The second-order valence-corrected chi connectivity index (χ2v) is 5.77. The molecule has 7 nitrogen and oxygen atoms in total. The second kappa shape index (κ2) is 12.7. The summed E-state index contributed by atoms with van der Waals surface area (Å²) in [5.41, 5.74) is 4.04. The smallest absolute Gasteiger partial charge is 0.281 e. The Kier molecular flexibility index (Phi) is 11.2.